The number of hydrogen-bond acceptors (Lipinski definition) is 6. The summed E-state index contributed by atoms with van der Waals surface area (Å²) in [5.41, 5.74) is 7.19. The maximum absolute atomic E-state index is 12.4. The Morgan fingerprint density at radius 1 is 1.23 bits per heavy atom. The number of amides is 2. The van der Waals surface area contributed by atoms with Gasteiger partial charge in [-0.25, -0.2) is 14.8 Å². The molecule has 3 rings (SSSR count). The molecule has 2 N–H and O–H groups in total. The second-order valence-corrected chi connectivity index (χ2v) is 7.02. The van der Waals surface area contributed by atoms with Crippen LogP contribution in [0.2, 0.25) is 0 Å². The smallest absolute Gasteiger partial charge is 0.414 e. The topological polar surface area (TPSA) is 102 Å². The van der Waals surface area contributed by atoms with E-state index in [-0.39, 0.29) is 12.3 Å². The second kappa shape index (κ2) is 6.29. The molecule has 26 heavy (non-hydrogen) atoms. The summed E-state index contributed by atoms with van der Waals surface area (Å²) in [7, 11) is 1.63. The molecule has 1 aromatic heterocycles. The maximum atomic E-state index is 12.4. The van der Waals surface area contributed by atoms with Crippen LogP contribution < -0.4 is 15.5 Å². The Morgan fingerprint density at radius 2 is 1.88 bits per heavy atom. The van der Waals surface area contributed by atoms with E-state index in [4.69, 9.17) is 10.5 Å². The maximum Gasteiger partial charge on any atom is 0.414 e. The highest BCUT2D eigenvalue weighted by molar-refractivity contribution is 6.07. The van der Waals surface area contributed by atoms with Crippen LogP contribution in [0, 0.1) is 0 Å². The van der Waals surface area contributed by atoms with Crippen molar-refractivity contribution in [1.82, 2.24) is 9.97 Å². The molecule has 136 valence electrons. The van der Waals surface area contributed by atoms with E-state index < -0.39 is 11.7 Å². The Bertz CT molecular complexity index is 858. The number of carbonyl (C=O) groups is 2. The summed E-state index contributed by atoms with van der Waals surface area (Å²) >= 11 is 0. The van der Waals surface area contributed by atoms with E-state index in [9.17, 15) is 9.59 Å². The van der Waals surface area contributed by atoms with Gasteiger partial charge in [-0.2, -0.15) is 0 Å². The number of ether oxygens (including phenoxy) is 1. The first-order valence-electron chi connectivity index (χ1n) is 8.16. The quantitative estimate of drug-likeness (QED) is 0.888. The zero-order chi connectivity index (χ0) is 19.1. The van der Waals surface area contributed by atoms with E-state index in [1.165, 1.54) is 16.1 Å². The minimum atomic E-state index is -0.573. The summed E-state index contributed by atoms with van der Waals surface area (Å²) in [4.78, 5) is 35.6. The number of anilines is 4. The zero-order valence-electron chi connectivity index (χ0n) is 15.2. The van der Waals surface area contributed by atoms with Crippen molar-refractivity contribution in [2.24, 2.45) is 0 Å². The third-order valence-corrected chi connectivity index (χ3v) is 3.91. The van der Waals surface area contributed by atoms with Gasteiger partial charge in [0, 0.05) is 18.3 Å². The summed E-state index contributed by atoms with van der Waals surface area (Å²) in [6.07, 6.45) is 1.06. The molecule has 0 saturated carbocycles. The van der Waals surface area contributed by atoms with Gasteiger partial charge in [0.25, 0.3) is 0 Å². The van der Waals surface area contributed by atoms with Gasteiger partial charge in [-0.05, 0) is 45.0 Å². The van der Waals surface area contributed by atoms with E-state index >= 15 is 0 Å². The fourth-order valence-corrected chi connectivity index (χ4v) is 2.65. The number of rotatable bonds is 2. The van der Waals surface area contributed by atoms with Crippen LogP contribution in [-0.4, -0.2) is 34.6 Å². The van der Waals surface area contributed by atoms with Gasteiger partial charge < -0.3 is 10.5 Å². The number of nitrogens with two attached hydrogens (primary N) is 1. The van der Waals surface area contributed by atoms with Crippen LogP contribution >= 0.6 is 0 Å². The van der Waals surface area contributed by atoms with Gasteiger partial charge in [0.1, 0.15) is 23.6 Å². The third-order valence-electron chi connectivity index (χ3n) is 3.91. The van der Waals surface area contributed by atoms with Crippen LogP contribution in [0.25, 0.3) is 0 Å². The van der Waals surface area contributed by atoms with Crippen molar-refractivity contribution in [2.75, 3.05) is 22.6 Å². The van der Waals surface area contributed by atoms with Crippen LogP contribution in [0.3, 0.4) is 0 Å². The Balaban J connectivity index is 1.84. The zero-order valence-corrected chi connectivity index (χ0v) is 15.2. The van der Waals surface area contributed by atoms with Crippen molar-refractivity contribution in [3.8, 4) is 0 Å². The second-order valence-electron chi connectivity index (χ2n) is 7.02. The van der Waals surface area contributed by atoms with Crippen LogP contribution in [0.4, 0.5) is 27.8 Å². The lowest BCUT2D eigenvalue weighted by molar-refractivity contribution is -0.116. The molecule has 1 aromatic carbocycles. The van der Waals surface area contributed by atoms with Gasteiger partial charge in [-0.1, -0.05) is 0 Å². The minimum Gasteiger partial charge on any atom is -0.443 e. The third kappa shape index (κ3) is 3.30. The molecule has 1 aliphatic heterocycles. The first-order valence-corrected chi connectivity index (χ1v) is 8.16. The average molecular weight is 355 g/mol. The number of hydrogen-bond donors (Lipinski definition) is 1. The molecule has 2 aromatic rings. The highest BCUT2D eigenvalue weighted by Crippen LogP contribution is 2.36. The molecule has 2 amide bonds. The van der Waals surface area contributed by atoms with Gasteiger partial charge in [0.2, 0.25) is 5.91 Å². The molecular weight excluding hydrogens is 334 g/mol. The molecule has 0 atom stereocenters. The predicted molar refractivity (Wildman–Crippen MR) is 98.4 cm³/mol. The Labute approximate surface area is 151 Å². The van der Waals surface area contributed by atoms with Crippen LogP contribution in [0.1, 0.15) is 26.3 Å². The number of benzene rings is 1. The van der Waals surface area contributed by atoms with Gasteiger partial charge in [0.15, 0.2) is 0 Å². The van der Waals surface area contributed by atoms with E-state index in [2.05, 4.69) is 9.97 Å². The molecule has 0 spiro atoms. The molecule has 8 nitrogen and oxygen atoms in total. The lowest BCUT2D eigenvalue weighted by Gasteiger charge is -2.25. The fraction of sp³-hybridized carbons (Fsp3) is 0.333. The van der Waals surface area contributed by atoms with Crippen molar-refractivity contribution >= 4 is 35.0 Å². The molecule has 2 heterocycles. The van der Waals surface area contributed by atoms with Crippen molar-refractivity contribution in [1.29, 1.82) is 0 Å². The van der Waals surface area contributed by atoms with E-state index in [0.717, 1.165) is 0 Å². The summed E-state index contributed by atoms with van der Waals surface area (Å²) in [6, 6.07) is 6.99. The Hall–Kier alpha value is -3.16. The van der Waals surface area contributed by atoms with Crippen LogP contribution in [0.5, 0.6) is 0 Å². The van der Waals surface area contributed by atoms with E-state index in [0.29, 0.717) is 28.6 Å². The number of nitrogen functional groups attached to an aromatic ring is 1. The summed E-state index contributed by atoms with van der Waals surface area (Å²) in [6.45, 7) is 5.43. The normalized spacial score (nSPS) is 13.5. The van der Waals surface area contributed by atoms with E-state index in [1.54, 1.807) is 31.3 Å². The molecule has 0 radical (unpaired) electrons. The highest BCUT2D eigenvalue weighted by Gasteiger charge is 2.32. The van der Waals surface area contributed by atoms with Crippen molar-refractivity contribution in [3.05, 3.63) is 36.2 Å². The molecule has 0 fully saturated rings. The average Bonchev–Trinajstić information content (AvgIpc) is 2.90. The van der Waals surface area contributed by atoms with Gasteiger partial charge in [-0.3, -0.25) is 14.6 Å². The Morgan fingerprint density at radius 3 is 2.50 bits per heavy atom. The largest absolute Gasteiger partial charge is 0.443 e. The number of fused-ring (bicyclic) bond motifs is 1. The molecular formula is C18H21N5O3. The predicted octanol–water partition coefficient (Wildman–Crippen LogP) is 2.65. The number of aromatic nitrogens is 2. The van der Waals surface area contributed by atoms with Crippen LogP contribution in [-0.2, 0) is 16.0 Å². The molecule has 1 aliphatic rings. The fourth-order valence-electron chi connectivity index (χ4n) is 2.65. The SMILES string of the molecule is CN(C(=O)OC(C)(C)C)c1ccc(N2C(=O)Cc3c(N)ncnc32)cc1. The monoisotopic (exact) mass is 355 g/mol. The number of nitrogens with zero attached hydrogens (tertiary/aromatic N) is 4. The van der Waals surface area contributed by atoms with Crippen molar-refractivity contribution in [2.45, 2.75) is 32.8 Å². The summed E-state index contributed by atoms with van der Waals surface area (Å²) < 4.78 is 5.35. The molecule has 0 saturated heterocycles. The van der Waals surface area contributed by atoms with Gasteiger partial charge in [0.05, 0.1) is 12.1 Å². The lowest BCUT2D eigenvalue weighted by atomic mass is 10.2. The van der Waals surface area contributed by atoms with Crippen molar-refractivity contribution < 1.29 is 14.3 Å². The summed E-state index contributed by atoms with van der Waals surface area (Å²) in [5.74, 6) is 0.684. The first-order chi connectivity index (χ1) is 12.2. The summed E-state index contributed by atoms with van der Waals surface area (Å²) in [5, 5.41) is 0. The van der Waals surface area contributed by atoms with Gasteiger partial charge in [-0.15, -0.1) is 0 Å². The molecule has 0 aliphatic carbocycles. The number of carbonyl (C=O) groups excluding carboxylic acids is 2. The molecule has 0 unspecified atom stereocenters. The highest BCUT2D eigenvalue weighted by atomic mass is 16.6. The van der Waals surface area contributed by atoms with Crippen LogP contribution in [0.15, 0.2) is 30.6 Å². The lowest BCUT2D eigenvalue weighted by Crippen LogP contribution is -2.34. The standard InChI is InChI=1S/C18H21N5O3/c1-18(2,3)26-17(25)22(4)11-5-7-12(8-6-11)23-14(24)9-13-15(19)20-10-21-16(13)23/h5-8,10H,9H2,1-4H3,(H2,19,20,21). The Kier molecular flexibility index (Phi) is 4.27. The van der Waals surface area contributed by atoms with E-state index in [1.807, 2.05) is 20.8 Å². The first kappa shape index (κ1) is 17.7. The van der Waals surface area contributed by atoms with Gasteiger partial charge >= 0.3 is 6.09 Å². The molecule has 0 bridgehead atoms. The van der Waals surface area contributed by atoms with Crippen molar-refractivity contribution in [3.63, 3.8) is 0 Å². The minimum absolute atomic E-state index is 0.125. The molecule has 8 heteroatoms.